The second-order valence-electron chi connectivity index (χ2n) is 7.63. The highest BCUT2D eigenvalue weighted by Gasteiger charge is 2.37. The molecule has 1 fully saturated rings. The Morgan fingerprint density at radius 1 is 1.44 bits per heavy atom. The minimum Gasteiger partial charge on any atom is -0.486 e. The van der Waals surface area contributed by atoms with Crippen LogP contribution in [0.15, 0.2) is 24.3 Å². The number of carbonyl (C=O) groups excluding carboxylic acids is 1. The van der Waals surface area contributed by atoms with E-state index in [-0.39, 0.29) is 23.5 Å². The molecule has 1 saturated heterocycles. The summed E-state index contributed by atoms with van der Waals surface area (Å²) in [4.78, 5) is 16.8. The molecule has 3 rings (SSSR count). The van der Waals surface area contributed by atoms with Gasteiger partial charge in [0.1, 0.15) is 6.61 Å². The summed E-state index contributed by atoms with van der Waals surface area (Å²) in [5.41, 5.74) is 6.00. The molecule has 2 aliphatic heterocycles. The molecule has 3 unspecified atom stereocenters. The topological polar surface area (TPSA) is 68.0 Å². The average molecular weight is 347 g/mol. The summed E-state index contributed by atoms with van der Waals surface area (Å²) < 4.78 is 11.7. The monoisotopic (exact) mass is 347 g/mol. The molecule has 1 aromatic carbocycles. The predicted octanol–water partition coefficient (Wildman–Crippen LogP) is 1.34. The number of benzene rings is 1. The summed E-state index contributed by atoms with van der Waals surface area (Å²) in [6.45, 7) is 7.60. The first-order valence-corrected chi connectivity index (χ1v) is 8.99. The van der Waals surface area contributed by atoms with Crippen LogP contribution in [0.2, 0.25) is 0 Å². The molecule has 0 radical (unpaired) electrons. The lowest BCUT2D eigenvalue weighted by Crippen LogP contribution is -2.49. The van der Waals surface area contributed by atoms with Crippen LogP contribution in [0.1, 0.15) is 20.3 Å². The molecule has 0 bridgehead atoms. The molecule has 2 aliphatic rings. The SMILES string of the molecule is CC(C(=O)N(C)CC1COc2ccccc2O1)N1CCC(C)(CN)C1. The number of nitrogens with two attached hydrogens (primary N) is 1. The van der Waals surface area contributed by atoms with Gasteiger partial charge in [-0.25, -0.2) is 0 Å². The molecular formula is C19H29N3O3. The Labute approximate surface area is 149 Å². The molecular weight excluding hydrogens is 318 g/mol. The second kappa shape index (κ2) is 7.22. The van der Waals surface area contributed by atoms with E-state index >= 15 is 0 Å². The van der Waals surface area contributed by atoms with Crippen LogP contribution in [0.25, 0.3) is 0 Å². The highest BCUT2D eigenvalue weighted by atomic mass is 16.6. The van der Waals surface area contributed by atoms with Gasteiger partial charge in [-0.1, -0.05) is 19.1 Å². The van der Waals surface area contributed by atoms with Gasteiger partial charge in [0.15, 0.2) is 17.6 Å². The van der Waals surface area contributed by atoms with Crippen LogP contribution in [-0.2, 0) is 4.79 Å². The minimum atomic E-state index is -0.149. The van der Waals surface area contributed by atoms with Crippen molar-refractivity contribution in [2.45, 2.75) is 32.4 Å². The molecule has 6 heteroatoms. The van der Waals surface area contributed by atoms with Crippen LogP contribution in [-0.4, -0.2) is 67.7 Å². The van der Waals surface area contributed by atoms with Crippen molar-refractivity contribution >= 4 is 5.91 Å². The Hall–Kier alpha value is -1.79. The highest BCUT2D eigenvalue weighted by molar-refractivity contribution is 5.81. The molecule has 3 atom stereocenters. The lowest BCUT2D eigenvalue weighted by molar-refractivity contribution is -0.136. The van der Waals surface area contributed by atoms with E-state index in [2.05, 4.69) is 11.8 Å². The Bertz CT molecular complexity index is 624. The molecule has 0 saturated carbocycles. The Balaban J connectivity index is 1.55. The summed E-state index contributed by atoms with van der Waals surface area (Å²) in [6.07, 6.45) is 0.894. The van der Waals surface area contributed by atoms with Crippen molar-refractivity contribution in [3.63, 3.8) is 0 Å². The molecule has 0 spiro atoms. The maximum absolute atomic E-state index is 12.8. The van der Waals surface area contributed by atoms with Crippen molar-refractivity contribution in [3.05, 3.63) is 24.3 Å². The van der Waals surface area contributed by atoms with Gasteiger partial charge in [0, 0.05) is 13.6 Å². The molecule has 2 heterocycles. The first-order chi connectivity index (χ1) is 11.9. The Kier molecular flexibility index (Phi) is 5.20. The van der Waals surface area contributed by atoms with Crippen molar-refractivity contribution in [1.82, 2.24) is 9.80 Å². The van der Waals surface area contributed by atoms with Gasteiger partial charge in [0.2, 0.25) is 5.91 Å². The van der Waals surface area contributed by atoms with E-state index in [1.807, 2.05) is 38.2 Å². The number of nitrogens with zero attached hydrogens (tertiary/aromatic N) is 2. The summed E-state index contributed by atoms with van der Waals surface area (Å²) in [6, 6.07) is 7.48. The highest BCUT2D eigenvalue weighted by Crippen LogP contribution is 2.32. The molecule has 138 valence electrons. The second-order valence-corrected chi connectivity index (χ2v) is 7.63. The number of fused-ring (bicyclic) bond motifs is 1. The average Bonchev–Trinajstić information content (AvgIpc) is 3.03. The molecule has 2 N–H and O–H groups in total. The summed E-state index contributed by atoms with van der Waals surface area (Å²) in [7, 11) is 1.83. The standard InChI is InChI=1S/C19H29N3O3/c1-14(22-9-8-19(2,12-20)13-22)18(23)21(3)10-15-11-24-16-6-4-5-7-17(16)25-15/h4-7,14-15H,8-13,20H2,1-3H3. The van der Waals surface area contributed by atoms with Crippen molar-refractivity contribution in [2.75, 3.05) is 39.8 Å². The Morgan fingerprint density at radius 2 is 2.16 bits per heavy atom. The van der Waals surface area contributed by atoms with Crippen LogP contribution >= 0.6 is 0 Å². The van der Waals surface area contributed by atoms with Crippen LogP contribution in [0.5, 0.6) is 11.5 Å². The van der Waals surface area contributed by atoms with Crippen LogP contribution < -0.4 is 15.2 Å². The number of carbonyl (C=O) groups is 1. The van der Waals surface area contributed by atoms with E-state index in [1.165, 1.54) is 0 Å². The first kappa shape index (κ1) is 18.0. The quantitative estimate of drug-likeness (QED) is 0.871. The lowest BCUT2D eigenvalue weighted by atomic mass is 9.90. The van der Waals surface area contributed by atoms with Crippen molar-refractivity contribution in [3.8, 4) is 11.5 Å². The van der Waals surface area contributed by atoms with Crippen molar-refractivity contribution in [2.24, 2.45) is 11.1 Å². The van der Waals surface area contributed by atoms with Crippen molar-refractivity contribution < 1.29 is 14.3 Å². The fourth-order valence-corrected chi connectivity index (χ4v) is 3.58. The van der Waals surface area contributed by atoms with E-state index in [0.717, 1.165) is 31.0 Å². The maximum atomic E-state index is 12.8. The molecule has 1 aromatic rings. The maximum Gasteiger partial charge on any atom is 0.239 e. The van der Waals surface area contributed by atoms with Gasteiger partial charge < -0.3 is 20.1 Å². The van der Waals surface area contributed by atoms with Gasteiger partial charge in [0.25, 0.3) is 0 Å². The predicted molar refractivity (Wildman–Crippen MR) is 96.8 cm³/mol. The number of likely N-dealkylation sites (tertiary alicyclic amines) is 1. The van der Waals surface area contributed by atoms with E-state index < -0.39 is 0 Å². The zero-order valence-electron chi connectivity index (χ0n) is 15.4. The van der Waals surface area contributed by atoms with Crippen LogP contribution in [0.4, 0.5) is 0 Å². The third kappa shape index (κ3) is 3.90. The number of hydrogen-bond donors (Lipinski definition) is 1. The van der Waals surface area contributed by atoms with Gasteiger partial charge in [-0.3, -0.25) is 9.69 Å². The molecule has 25 heavy (non-hydrogen) atoms. The van der Waals surface area contributed by atoms with Crippen molar-refractivity contribution in [1.29, 1.82) is 0 Å². The molecule has 0 aromatic heterocycles. The largest absolute Gasteiger partial charge is 0.486 e. The smallest absolute Gasteiger partial charge is 0.239 e. The van der Waals surface area contributed by atoms with Gasteiger partial charge in [0.05, 0.1) is 12.6 Å². The summed E-state index contributed by atoms with van der Waals surface area (Å²) in [5, 5.41) is 0. The van der Waals surface area contributed by atoms with Gasteiger partial charge in [-0.05, 0) is 44.0 Å². The third-order valence-corrected chi connectivity index (χ3v) is 5.41. The van der Waals surface area contributed by atoms with Gasteiger partial charge >= 0.3 is 0 Å². The summed E-state index contributed by atoms with van der Waals surface area (Å²) >= 11 is 0. The van der Waals surface area contributed by atoms with E-state index in [4.69, 9.17) is 15.2 Å². The molecule has 6 nitrogen and oxygen atoms in total. The molecule has 1 amide bonds. The summed E-state index contributed by atoms with van der Waals surface area (Å²) in [5.74, 6) is 1.62. The fraction of sp³-hybridized carbons (Fsp3) is 0.632. The minimum absolute atomic E-state index is 0.115. The zero-order valence-corrected chi connectivity index (χ0v) is 15.4. The third-order valence-electron chi connectivity index (χ3n) is 5.41. The van der Waals surface area contributed by atoms with Gasteiger partial charge in [-0.2, -0.15) is 0 Å². The van der Waals surface area contributed by atoms with E-state index in [9.17, 15) is 4.79 Å². The first-order valence-electron chi connectivity index (χ1n) is 8.99. The zero-order chi connectivity index (χ0) is 18.0. The molecule has 0 aliphatic carbocycles. The van der Waals surface area contributed by atoms with Gasteiger partial charge in [-0.15, -0.1) is 0 Å². The number of likely N-dealkylation sites (N-methyl/N-ethyl adjacent to an activating group) is 1. The van der Waals surface area contributed by atoms with Crippen LogP contribution in [0.3, 0.4) is 0 Å². The fourth-order valence-electron chi connectivity index (χ4n) is 3.58. The number of rotatable bonds is 5. The van der Waals surface area contributed by atoms with E-state index in [1.54, 1.807) is 4.90 Å². The Morgan fingerprint density at radius 3 is 2.84 bits per heavy atom. The lowest BCUT2D eigenvalue weighted by Gasteiger charge is -2.33. The number of amides is 1. The number of para-hydroxylation sites is 2. The normalized spacial score (nSPS) is 27.1. The number of hydrogen-bond acceptors (Lipinski definition) is 5. The number of ether oxygens (including phenoxy) is 2. The van der Waals surface area contributed by atoms with E-state index in [0.29, 0.717) is 19.7 Å². The van der Waals surface area contributed by atoms with Crippen LogP contribution in [0, 0.1) is 5.41 Å².